The van der Waals surface area contributed by atoms with E-state index in [0.717, 1.165) is 0 Å². The number of hydrogen-bond acceptors (Lipinski definition) is 4. The Morgan fingerprint density at radius 2 is 2.09 bits per heavy atom. The molecule has 1 amide bonds. The van der Waals surface area contributed by atoms with E-state index in [4.69, 9.17) is 4.55 Å². The number of carbonyl (C=O) groups is 2. The lowest BCUT2D eigenvalue weighted by Crippen LogP contribution is -2.31. The summed E-state index contributed by atoms with van der Waals surface area (Å²) in [5.41, 5.74) is 0. The van der Waals surface area contributed by atoms with Gasteiger partial charge in [-0.15, -0.1) is 0 Å². The van der Waals surface area contributed by atoms with Gasteiger partial charge >= 0.3 is 0 Å². The number of carbonyl (C=O) groups excluding carboxylic acids is 2. The maximum absolute atomic E-state index is 10.4. The molecule has 0 saturated heterocycles. The van der Waals surface area contributed by atoms with Gasteiger partial charge in [-0.05, 0) is 0 Å². The largest absolute Gasteiger partial charge is 0.348 e. The van der Waals surface area contributed by atoms with Crippen LogP contribution in [0.15, 0.2) is 0 Å². The summed E-state index contributed by atoms with van der Waals surface area (Å²) in [5, 5.41) is 1.94. The Bertz CT molecular complexity index is 243. The van der Waals surface area contributed by atoms with Crippen molar-refractivity contribution in [3.63, 3.8) is 0 Å². The maximum atomic E-state index is 10.4. The van der Waals surface area contributed by atoms with Crippen molar-refractivity contribution in [3.8, 4) is 0 Å². The second-order valence-electron chi connectivity index (χ2n) is 1.70. The minimum absolute atomic E-state index is 0.256. The second kappa shape index (κ2) is 4.04. The zero-order valence-electron chi connectivity index (χ0n) is 5.48. The van der Waals surface area contributed by atoms with Crippen molar-refractivity contribution in [2.75, 3.05) is 12.3 Å². The standard InChI is InChI=1S/C4H7NO5S/c6-2-1-5-4(7)3-11(8,9)10/h2H,1,3H2,(H,5,7)(H,8,9,10). The van der Waals surface area contributed by atoms with Gasteiger partial charge in [-0.25, -0.2) is 0 Å². The van der Waals surface area contributed by atoms with E-state index in [-0.39, 0.29) is 6.54 Å². The highest BCUT2D eigenvalue weighted by Crippen LogP contribution is 1.79. The molecule has 0 aromatic heterocycles. The van der Waals surface area contributed by atoms with Gasteiger partial charge in [-0.3, -0.25) is 9.35 Å². The van der Waals surface area contributed by atoms with Crippen molar-refractivity contribution < 1.29 is 22.6 Å². The van der Waals surface area contributed by atoms with E-state index in [1.165, 1.54) is 0 Å². The number of hydrogen-bond donors (Lipinski definition) is 2. The predicted molar refractivity (Wildman–Crippen MR) is 35.5 cm³/mol. The first-order chi connectivity index (χ1) is 4.95. The highest BCUT2D eigenvalue weighted by molar-refractivity contribution is 7.86. The summed E-state index contributed by atoms with van der Waals surface area (Å²) in [6, 6.07) is 0. The summed E-state index contributed by atoms with van der Waals surface area (Å²) in [4.78, 5) is 20.1. The Hall–Kier alpha value is -0.950. The van der Waals surface area contributed by atoms with Gasteiger partial charge in [0.25, 0.3) is 10.1 Å². The number of amides is 1. The second-order valence-corrected chi connectivity index (χ2v) is 3.15. The maximum Gasteiger partial charge on any atom is 0.274 e. The smallest absolute Gasteiger partial charge is 0.274 e. The molecular formula is C4H7NO5S. The van der Waals surface area contributed by atoms with Crippen LogP contribution in [0.4, 0.5) is 0 Å². The molecule has 0 atom stereocenters. The molecule has 0 aliphatic rings. The molecule has 11 heavy (non-hydrogen) atoms. The third-order valence-electron chi connectivity index (χ3n) is 0.696. The van der Waals surface area contributed by atoms with Crippen LogP contribution in [0.5, 0.6) is 0 Å². The average Bonchev–Trinajstić information content (AvgIpc) is 1.79. The lowest BCUT2D eigenvalue weighted by Gasteiger charge is -1.96. The molecule has 0 rings (SSSR count). The number of aldehydes is 1. The van der Waals surface area contributed by atoms with Crippen LogP contribution in [-0.4, -0.2) is 37.5 Å². The summed E-state index contributed by atoms with van der Waals surface area (Å²) >= 11 is 0. The molecule has 0 aromatic rings. The van der Waals surface area contributed by atoms with Crippen LogP contribution in [0, 0.1) is 0 Å². The molecule has 0 aromatic carbocycles. The van der Waals surface area contributed by atoms with Crippen LogP contribution in [0.25, 0.3) is 0 Å². The highest BCUT2D eigenvalue weighted by atomic mass is 32.2. The summed E-state index contributed by atoms with van der Waals surface area (Å²) in [6.45, 7) is -0.256. The van der Waals surface area contributed by atoms with Crippen LogP contribution >= 0.6 is 0 Å². The van der Waals surface area contributed by atoms with Crippen LogP contribution in [0.1, 0.15) is 0 Å². The third-order valence-corrected chi connectivity index (χ3v) is 1.32. The Morgan fingerprint density at radius 3 is 2.45 bits per heavy atom. The van der Waals surface area contributed by atoms with Gasteiger partial charge in [0, 0.05) is 0 Å². The molecule has 0 fully saturated rings. The van der Waals surface area contributed by atoms with E-state index < -0.39 is 21.8 Å². The zero-order chi connectivity index (χ0) is 8.91. The van der Waals surface area contributed by atoms with Crippen LogP contribution in [-0.2, 0) is 19.7 Å². The Morgan fingerprint density at radius 1 is 1.55 bits per heavy atom. The third kappa shape index (κ3) is 6.94. The fourth-order valence-corrected chi connectivity index (χ4v) is 0.806. The van der Waals surface area contributed by atoms with Crippen molar-refractivity contribution in [1.29, 1.82) is 0 Å². The van der Waals surface area contributed by atoms with E-state index in [0.29, 0.717) is 6.29 Å². The van der Waals surface area contributed by atoms with Crippen molar-refractivity contribution >= 4 is 22.3 Å². The molecule has 2 N–H and O–H groups in total. The van der Waals surface area contributed by atoms with Crippen molar-refractivity contribution in [1.82, 2.24) is 5.32 Å². The Labute approximate surface area is 63.3 Å². The first-order valence-electron chi connectivity index (χ1n) is 2.61. The van der Waals surface area contributed by atoms with Gasteiger partial charge in [0.2, 0.25) is 5.91 Å². The van der Waals surface area contributed by atoms with Gasteiger partial charge in [0.15, 0.2) is 5.75 Å². The quantitative estimate of drug-likeness (QED) is 0.393. The topological polar surface area (TPSA) is 101 Å². The van der Waals surface area contributed by atoms with Crippen LogP contribution in [0.2, 0.25) is 0 Å². The summed E-state index contributed by atoms with van der Waals surface area (Å²) in [6.07, 6.45) is 0.405. The molecule has 0 heterocycles. The zero-order valence-corrected chi connectivity index (χ0v) is 6.30. The van der Waals surface area contributed by atoms with Crippen molar-refractivity contribution in [2.45, 2.75) is 0 Å². The fourth-order valence-electron chi connectivity index (χ4n) is 0.372. The van der Waals surface area contributed by atoms with E-state index in [1.54, 1.807) is 0 Å². The van der Waals surface area contributed by atoms with E-state index in [9.17, 15) is 18.0 Å². The number of nitrogens with one attached hydrogen (secondary N) is 1. The molecule has 0 bridgehead atoms. The van der Waals surface area contributed by atoms with Crippen LogP contribution < -0.4 is 5.32 Å². The minimum atomic E-state index is -4.28. The molecule has 0 radical (unpaired) electrons. The first-order valence-corrected chi connectivity index (χ1v) is 4.22. The van der Waals surface area contributed by atoms with Crippen molar-refractivity contribution in [2.24, 2.45) is 0 Å². The van der Waals surface area contributed by atoms with E-state index >= 15 is 0 Å². The molecule has 64 valence electrons. The van der Waals surface area contributed by atoms with Crippen molar-refractivity contribution in [3.05, 3.63) is 0 Å². The van der Waals surface area contributed by atoms with Gasteiger partial charge in [0.05, 0.1) is 6.54 Å². The van der Waals surface area contributed by atoms with E-state index in [2.05, 4.69) is 0 Å². The molecule has 0 saturated carbocycles. The minimum Gasteiger partial charge on any atom is -0.348 e. The Balaban J connectivity index is 3.80. The fraction of sp³-hybridized carbons (Fsp3) is 0.500. The van der Waals surface area contributed by atoms with E-state index in [1.807, 2.05) is 5.32 Å². The van der Waals surface area contributed by atoms with Gasteiger partial charge in [-0.2, -0.15) is 8.42 Å². The molecular weight excluding hydrogens is 174 g/mol. The molecule has 0 aliphatic heterocycles. The monoisotopic (exact) mass is 181 g/mol. The highest BCUT2D eigenvalue weighted by Gasteiger charge is 2.11. The summed E-state index contributed by atoms with van der Waals surface area (Å²) < 4.78 is 28.1. The lowest BCUT2D eigenvalue weighted by molar-refractivity contribution is -0.120. The van der Waals surface area contributed by atoms with Crippen LogP contribution in [0.3, 0.4) is 0 Å². The Kier molecular flexibility index (Phi) is 3.69. The normalized spacial score (nSPS) is 10.6. The van der Waals surface area contributed by atoms with Gasteiger partial charge in [-0.1, -0.05) is 0 Å². The average molecular weight is 181 g/mol. The molecule has 6 nitrogen and oxygen atoms in total. The van der Waals surface area contributed by atoms with Gasteiger partial charge in [0.1, 0.15) is 6.29 Å². The lowest BCUT2D eigenvalue weighted by atomic mass is 10.6. The summed E-state index contributed by atoms with van der Waals surface area (Å²) in [7, 11) is -4.28. The number of rotatable bonds is 4. The summed E-state index contributed by atoms with van der Waals surface area (Å²) in [5.74, 6) is -1.92. The molecule has 0 spiro atoms. The molecule has 7 heteroatoms. The van der Waals surface area contributed by atoms with Gasteiger partial charge < -0.3 is 10.1 Å². The molecule has 0 unspecified atom stereocenters. The predicted octanol–water partition coefficient (Wildman–Crippen LogP) is -1.81. The first kappa shape index (κ1) is 10.0. The SMILES string of the molecule is O=CCNC(=O)CS(=O)(=O)O. The molecule has 0 aliphatic carbocycles.